The van der Waals surface area contributed by atoms with Crippen molar-refractivity contribution in [2.75, 3.05) is 22.4 Å². The second-order valence-electron chi connectivity index (χ2n) is 9.21. The molecule has 12 nitrogen and oxygen atoms in total. The molecule has 2 N–H and O–H groups in total. The molecular weight excluding hydrogens is 589 g/mol. The summed E-state index contributed by atoms with van der Waals surface area (Å²) in [7, 11) is -3.88. The number of sulfonamides is 1. The molecule has 0 bridgehead atoms. The number of aromatic nitrogens is 6. The van der Waals surface area contributed by atoms with E-state index in [9.17, 15) is 13.2 Å². The second kappa shape index (κ2) is 13.0. The lowest BCUT2D eigenvalue weighted by Crippen LogP contribution is -2.16. The summed E-state index contributed by atoms with van der Waals surface area (Å²) in [4.78, 5) is 25.2. The highest BCUT2D eigenvalue weighted by atomic mass is 32.2. The molecule has 3 heterocycles. The number of rotatable bonds is 11. The van der Waals surface area contributed by atoms with E-state index in [0.29, 0.717) is 34.8 Å². The molecule has 2 aromatic carbocycles. The number of amides is 1. The van der Waals surface area contributed by atoms with E-state index in [1.807, 2.05) is 47.9 Å². The van der Waals surface area contributed by atoms with Gasteiger partial charge in [0.25, 0.3) is 10.0 Å². The maximum atomic E-state index is 12.9. The summed E-state index contributed by atoms with van der Waals surface area (Å²) in [6, 6.07) is 18.6. The Morgan fingerprint density at radius 1 is 0.953 bits per heavy atom. The van der Waals surface area contributed by atoms with Crippen LogP contribution in [0.15, 0.2) is 89.2 Å². The minimum atomic E-state index is -3.88. The summed E-state index contributed by atoms with van der Waals surface area (Å²) in [5.41, 5.74) is 2.72. The normalized spacial score (nSPS) is 11.2. The average molecular weight is 617 g/mol. The van der Waals surface area contributed by atoms with Crippen molar-refractivity contribution in [2.45, 2.75) is 30.8 Å². The van der Waals surface area contributed by atoms with Gasteiger partial charge in [-0.25, -0.2) is 18.4 Å². The zero-order valence-corrected chi connectivity index (χ0v) is 25.2. The van der Waals surface area contributed by atoms with E-state index in [4.69, 9.17) is 4.74 Å². The Kier molecular flexibility index (Phi) is 8.97. The summed E-state index contributed by atoms with van der Waals surface area (Å²) in [6.07, 6.45) is 3.36. The minimum Gasteiger partial charge on any atom is -0.494 e. The van der Waals surface area contributed by atoms with Gasteiger partial charge in [-0.05, 0) is 81.4 Å². The predicted octanol–water partition coefficient (Wildman–Crippen LogP) is 4.67. The number of aryl methyl sites for hydroxylation is 2. The number of thioether (sulfide) groups is 1. The molecule has 43 heavy (non-hydrogen) atoms. The standard InChI is InChI=1S/C29H28N8O4S2/c1-4-41-24-9-7-23(8-10-24)37-28(21-13-15-30-16-14-21)34-35-29(37)42-18-27(38)33-22-5-11-25(12-6-22)43(39,40)36-26-17-19(2)31-20(3)32-26/h5-17H,4,18H2,1-3H3,(H,33,38)(H,31,32,36). The van der Waals surface area contributed by atoms with E-state index in [2.05, 4.69) is 35.2 Å². The van der Waals surface area contributed by atoms with Crippen LogP contribution < -0.4 is 14.8 Å². The lowest BCUT2D eigenvalue weighted by Gasteiger charge is -2.12. The number of nitrogens with zero attached hydrogens (tertiary/aromatic N) is 6. The number of benzene rings is 2. The van der Waals surface area contributed by atoms with Crippen molar-refractivity contribution in [1.29, 1.82) is 0 Å². The predicted molar refractivity (Wildman–Crippen MR) is 164 cm³/mol. The summed E-state index contributed by atoms with van der Waals surface area (Å²) in [6.45, 7) is 5.92. The van der Waals surface area contributed by atoms with Gasteiger partial charge in [-0.2, -0.15) is 0 Å². The monoisotopic (exact) mass is 616 g/mol. The first-order chi connectivity index (χ1) is 20.7. The molecular formula is C29H28N8O4S2. The van der Waals surface area contributed by atoms with Crippen LogP contribution in [0.1, 0.15) is 18.4 Å². The van der Waals surface area contributed by atoms with Crippen LogP contribution >= 0.6 is 11.8 Å². The topological polar surface area (TPSA) is 154 Å². The number of hydrogen-bond acceptors (Lipinski definition) is 10. The van der Waals surface area contributed by atoms with E-state index in [1.54, 1.807) is 32.3 Å². The average Bonchev–Trinajstić information content (AvgIpc) is 3.41. The van der Waals surface area contributed by atoms with Gasteiger partial charge < -0.3 is 10.1 Å². The van der Waals surface area contributed by atoms with E-state index in [0.717, 1.165) is 17.0 Å². The van der Waals surface area contributed by atoms with Crippen molar-refractivity contribution in [2.24, 2.45) is 0 Å². The lowest BCUT2D eigenvalue weighted by molar-refractivity contribution is -0.113. The zero-order chi connectivity index (χ0) is 30.4. The van der Waals surface area contributed by atoms with Crippen LogP contribution in [-0.2, 0) is 14.8 Å². The quantitative estimate of drug-likeness (QED) is 0.200. The molecule has 14 heteroatoms. The van der Waals surface area contributed by atoms with E-state index in [-0.39, 0.29) is 22.4 Å². The second-order valence-corrected chi connectivity index (χ2v) is 11.8. The van der Waals surface area contributed by atoms with Crippen LogP contribution in [-0.4, -0.2) is 56.4 Å². The molecule has 5 aromatic rings. The Labute approximate surface area is 253 Å². The number of hydrogen-bond donors (Lipinski definition) is 2. The first kappa shape index (κ1) is 29.7. The number of anilines is 2. The summed E-state index contributed by atoms with van der Waals surface area (Å²) in [5, 5.41) is 12.1. The van der Waals surface area contributed by atoms with Gasteiger partial charge in [-0.3, -0.25) is 19.1 Å². The molecule has 220 valence electrons. The van der Waals surface area contributed by atoms with Crippen LogP contribution in [0.4, 0.5) is 11.5 Å². The number of pyridine rings is 1. The minimum absolute atomic E-state index is 0.0286. The van der Waals surface area contributed by atoms with Crippen LogP contribution in [0.5, 0.6) is 5.75 Å². The molecule has 0 saturated carbocycles. The van der Waals surface area contributed by atoms with Crippen molar-refractivity contribution >= 4 is 39.2 Å². The maximum absolute atomic E-state index is 12.9. The first-order valence-corrected chi connectivity index (χ1v) is 15.7. The smallest absolute Gasteiger partial charge is 0.263 e. The molecule has 5 rings (SSSR count). The molecule has 0 aliphatic carbocycles. The molecule has 0 atom stereocenters. The van der Waals surface area contributed by atoms with Crippen molar-refractivity contribution in [3.05, 3.63) is 90.6 Å². The van der Waals surface area contributed by atoms with Crippen molar-refractivity contribution in [3.63, 3.8) is 0 Å². The van der Waals surface area contributed by atoms with Gasteiger partial charge in [-0.1, -0.05) is 11.8 Å². The van der Waals surface area contributed by atoms with Gasteiger partial charge in [0.1, 0.15) is 17.4 Å². The fourth-order valence-corrected chi connectivity index (χ4v) is 5.90. The van der Waals surface area contributed by atoms with Crippen molar-refractivity contribution in [3.8, 4) is 22.8 Å². The summed E-state index contributed by atoms with van der Waals surface area (Å²) in [5.74, 6) is 1.74. The van der Waals surface area contributed by atoms with E-state index >= 15 is 0 Å². The van der Waals surface area contributed by atoms with Crippen LogP contribution in [0, 0.1) is 13.8 Å². The highest BCUT2D eigenvalue weighted by Crippen LogP contribution is 2.29. The Morgan fingerprint density at radius 3 is 2.35 bits per heavy atom. The van der Waals surface area contributed by atoms with Crippen LogP contribution in [0.3, 0.4) is 0 Å². The lowest BCUT2D eigenvalue weighted by atomic mass is 10.2. The number of carbonyl (C=O) groups excluding carboxylic acids is 1. The molecule has 0 radical (unpaired) electrons. The van der Waals surface area contributed by atoms with Crippen LogP contribution in [0.25, 0.3) is 17.1 Å². The first-order valence-electron chi connectivity index (χ1n) is 13.2. The van der Waals surface area contributed by atoms with Gasteiger partial charge >= 0.3 is 0 Å². The molecule has 0 spiro atoms. The highest BCUT2D eigenvalue weighted by Gasteiger charge is 2.19. The molecule has 0 aliphatic heterocycles. The Balaban J connectivity index is 1.28. The van der Waals surface area contributed by atoms with Crippen LogP contribution in [0.2, 0.25) is 0 Å². The Bertz CT molecular complexity index is 1810. The van der Waals surface area contributed by atoms with Gasteiger partial charge in [0, 0.05) is 41.1 Å². The molecule has 0 unspecified atom stereocenters. The molecule has 3 aromatic heterocycles. The number of carbonyl (C=O) groups is 1. The Morgan fingerprint density at radius 2 is 1.67 bits per heavy atom. The maximum Gasteiger partial charge on any atom is 0.263 e. The summed E-state index contributed by atoms with van der Waals surface area (Å²) >= 11 is 1.22. The third kappa shape index (κ3) is 7.34. The van der Waals surface area contributed by atoms with Gasteiger partial charge in [0.15, 0.2) is 11.0 Å². The number of ether oxygens (including phenoxy) is 1. The number of nitrogens with one attached hydrogen (secondary N) is 2. The summed E-state index contributed by atoms with van der Waals surface area (Å²) < 4.78 is 35.6. The third-order valence-corrected chi connectivity index (χ3v) is 8.26. The SMILES string of the molecule is CCOc1ccc(-n2c(SCC(=O)Nc3ccc(S(=O)(=O)Nc4cc(C)nc(C)n4)cc3)nnc2-c2ccncc2)cc1. The fraction of sp³-hybridized carbons (Fsp3) is 0.172. The molecule has 0 fully saturated rings. The van der Waals surface area contributed by atoms with Gasteiger partial charge in [-0.15, -0.1) is 10.2 Å². The fourth-order valence-electron chi connectivity index (χ4n) is 4.15. The van der Waals surface area contributed by atoms with Gasteiger partial charge in [0.05, 0.1) is 17.3 Å². The van der Waals surface area contributed by atoms with Gasteiger partial charge in [0.2, 0.25) is 5.91 Å². The molecule has 0 aliphatic rings. The third-order valence-electron chi connectivity index (χ3n) is 5.96. The molecule has 0 saturated heterocycles. The zero-order valence-electron chi connectivity index (χ0n) is 23.6. The largest absolute Gasteiger partial charge is 0.494 e. The van der Waals surface area contributed by atoms with E-state index in [1.165, 1.54) is 36.0 Å². The molecule has 1 amide bonds. The van der Waals surface area contributed by atoms with E-state index < -0.39 is 10.0 Å². The van der Waals surface area contributed by atoms with Crippen molar-refractivity contribution < 1.29 is 17.9 Å². The Hall–Kier alpha value is -4.82. The van der Waals surface area contributed by atoms with Crippen molar-refractivity contribution in [1.82, 2.24) is 29.7 Å². The highest BCUT2D eigenvalue weighted by molar-refractivity contribution is 7.99.